The number of carbonyl (C=O) groups is 2. The largest absolute Gasteiger partial charge is 0.371 e. The Bertz CT molecular complexity index is 669. The molecule has 0 N–H and O–H groups in total. The van der Waals surface area contributed by atoms with Gasteiger partial charge in [-0.25, -0.2) is 0 Å². The molecule has 0 amide bonds. The normalized spacial score (nSPS) is 43.7. The molecule has 0 aromatic heterocycles. The van der Waals surface area contributed by atoms with Crippen LogP contribution < -0.4 is 0 Å². The molecule has 3 saturated carbocycles. The first-order valence-electron chi connectivity index (χ1n) is 11.1. The molecule has 0 radical (unpaired) electrons. The Kier molecular flexibility index (Phi) is 4.90. The van der Waals surface area contributed by atoms with Gasteiger partial charge in [-0.1, -0.05) is 19.4 Å². The Balaban J connectivity index is 0.00000225. The summed E-state index contributed by atoms with van der Waals surface area (Å²) in [6, 6.07) is 0. The van der Waals surface area contributed by atoms with Crippen molar-refractivity contribution < 1.29 is 15.8 Å². The molecule has 4 aliphatic carbocycles. The molecule has 4 rings (SSSR count). The summed E-state index contributed by atoms with van der Waals surface area (Å²) in [6.07, 6.45) is 10.8. The molecular formula is C24H38O3. The zero-order chi connectivity index (χ0) is 19.4. The third-order valence-corrected chi connectivity index (χ3v) is 8.91. The van der Waals surface area contributed by atoms with Crippen LogP contribution in [0.3, 0.4) is 0 Å². The standard InChI is InChI=1S/C24H36O3.H2/c1-15(2)27-14-22(26)21-8-7-19-18-6-5-16-13-17(25)9-11-23(16,3)20(18)10-12-24(19,21)4;/h13,15,18-21H,5-12,14H2,1-4H3;1H/t18?,19-,20?,21+,23-,24-;/m0./s1. The summed E-state index contributed by atoms with van der Waals surface area (Å²) in [5, 5.41) is 0. The predicted molar refractivity (Wildman–Crippen MR) is 108 cm³/mol. The van der Waals surface area contributed by atoms with Crippen LogP contribution in [0.4, 0.5) is 0 Å². The fraction of sp³-hybridized carbons (Fsp3) is 0.833. The van der Waals surface area contributed by atoms with Crippen LogP contribution in [-0.2, 0) is 14.3 Å². The molecule has 0 bridgehead atoms. The fourth-order valence-corrected chi connectivity index (χ4v) is 7.44. The molecule has 2 unspecified atom stereocenters. The van der Waals surface area contributed by atoms with E-state index in [0.717, 1.165) is 38.0 Å². The summed E-state index contributed by atoms with van der Waals surface area (Å²) in [5.74, 6) is 2.93. The second kappa shape index (κ2) is 6.83. The van der Waals surface area contributed by atoms with Gasteiger partial charge in [0.2, 0.25) is 0 Å². The summed E-state index contributed by atoms with van der Waals surface area (Å²) < 4.78 is 5.66. The van der Waals surface area contributed by atoms with Gasteiger partial charge in [0.15, 0.2) is 11.6 Å². The highest BCUT2D eigenvalue weighted by atomic mass is 16.5. The molecule has 152 valence electrons. The lowest BCUT2D eigenvalue weighted by atomic mass is 9.46. The number of rotatable bonds is 4. The monoisotopic (exact) mass is 374 g/mol. The van der Waals surface area contributed by atoms with Gasteiger partial charge in [0.05, 0.1) is 6.10 Å². The van der Waals surface area contributed by atoms with Gasteiger partial charge in [0, 0.05) is 13.8 Å². The maximum absolute atomic E-state index is 12.9. The summed E-state index contributed by atoms with van der Waals surface area (Å²) in [6.45, 7) is 9.11. The first-order chi connectivity index (χ1) is 12.8. The lowest BCUT2D eigenvalue weighted by molar-refractivity contribution is -0.136. The summed E-state index contributed by atoms with van der Waals surface area (Å²) >= 11 is 0. The van der Waals surface area contributed by atoms with Gasteiger partial charge in [-0.3, -0.25) is 9.59 Å². The number of fused-ring (bicyclic) bond motifs is 5. The highest BCUT2D eigenvalue weighted by Gasteiger charge is 2.59. The first kappa shape index (κ1) is 19.4. The molecular weight excluding hydrogens is 336 g/mol. The number of ether oxygens (including phenoxy) is 1. The highest BCUT2D eigenvalue weighted by Crippen LogP contribution is 2.66. The summed E-state index contributed by atoms with van der Waals surface area (Å²) in [7, 11) is 0. The average molecular weight is 375 g/mol. The van der Waals surface area contributed by atoms with E-state index in [2.05, 4.69) is 13.8 Å². The Labute approximate surface area is 165 Å². The maximum atomic E-state index is 12.9. The number of Topliss-reactive ketones (excluding diaryl/α,β-unsaturated/α-hetero) is 1. The lowest BCUT2D eigenvalue weighted by Crippen LogP contribution is -2.51. The smallest absolute Gasteiger partial charge is 0.162 e. The van der Waals surface area contributed by atoms with E-state index >= 15 is 0 Å². The molecule has 0 aromatic carbocycles. The third-order valence-electron chi connectivity index (χ3n) is 8.91. The van der Waals surface area contributed by atoms with Crippen LogP contribution in [0, 0.1) is 34.5 Å². The maximum Gasteiger partial charge on any atom is 0.162 e. The van der Waals surface area contributed by atoms with Crippen molar-refractivity contribution in [3.63, 3.8) is 0 Å². The second-order valence-corrected chi connectivity index (χ2v) is 10.5. The predicted octanol–water partition coefficient (Wildman–Crippen LogP) is 5.37. The van der Waals surface area contributed by atoms with E-state index in [1.807, 2.05) is 19.9 Å². The average Bonchev–Trinajstić information content (AvgIpc) is 2.97. The highest BCUT2D eigenvalue weighted by molar-refractivity contribution is 5.91. The molecule has 3 heteroatoms. The number of ketones is 2. The van der Waals surface area contributed by atoms with E-state index < -0.39 is 0 Å². The second-order valence-electron chi connectivity index (χ2n) is 10.5. The lowest BCUT2D eigenvalue weighted by Gasteiger charge is -2.58. The van der Waals surface area contributed by atoms with Gasteiger partial charge in [0.25, 0.3) is 0 Å². The van der Waals surface area contributed by atoms with Crippen molar-refractivity contribution >= 4 is 11.6 Å². The Morgan fingerprint density at radius 3 is 2.67 bits per heavy atom. The number of allylic oxidation sites excluding steroid dienone is 1. The van der Waals surface area contributed by atoms with Crippen molar-refractivity contribution in [2.45, 2.75) is 85.2 Å². The van der Waals surface area contributed by atoms with Crippen LogP contribution in [0.1, 0.15) is 80.5 Å². The van der Waals surface area contributed by atoms with Crippen LogP contribution in [-0.4, -0.2) is 24.3 Å². The van der Waals surface area contributed by atoms with Crippen LogP contribution in [0.25, 0.3) is 0 Å². The molecule has 0 heterocycles. The minimum Gasteiger partial charge on any atom is -0.371 e. The van der Waals surface area contributed by atoms with Crippen LogP contribution in [0.15, 0.2) is 11.6 Å². The Hall–Kier alpha value is -0.960. The van der Waals surface area contributed by atoms with Crippen molar-refractivity contribution in [3.8, 4) is 0 Å². The molecule has 0 spiro atoms. The van der Waals surface area contributed by atoms with Gasteiger partial charge in [0.1, 0.15) is 6.61 Å². The molecule has 0 aliphatic heterocycles. The summed E-state index contributed by atoms with van der Waals surface area (Å²) in [4.78, 5) is 24.9. The molecule has 27 heavy (non-hydrogen) atoms. The van der Waals surface area contributed by atoms with E-state index in [1.54, 1.807) is 0 Å². The van der Waals surface area contributed by atoms with E-state index in [4.69, 9.17) is 4.74 Å². The number of carbonyl (C=O) groups excluding carboxylic acids is 2. The van der Waals surface area contributed by atoms with Gasteiger partial charge in [-0.2, -0.15) is 0 Å². The van der Waals surface area contributed by atoms with E-state index in [1.165, 1.54) is 24.8 Å². The minimum absolute atomic E-state index is 0. The first-order valence-corrected chi connectivity index (χ1v) is 11.1. The number of hydrogen-bond donors (Lipinski definition) is 0. The molecule has 0 saturated heterocycles. The van der Waals surface area contributed by atoms with Gasteiger partial charge < -0.3 is 4.74 Å². The fourth-order valence-electron chi connectivity index (χ4n) is 7.44. The van der Waals surface area contributed by atoms with Crippen LogP contribution >= 0.6 is 0 Å². The van der Waals surface area contributed by atoms with Gasteiger partial charge in [-0.15, -0.1) is 0 Å². The van der Waals surface area contributed by atoms with Crippen molar-refractivity contribution in [2.75, 3.05) is 6.61 Å². The zero-order valence-electron chi connectivity index (χ0n) is 17.6. The van der Waals surface area contributed by atoms with Crippen molar-refractivity contribution in [1.82, 2.24) is 0 Å². The topological polar surface area (TPSA) is 43.4 Å². The van der Waals surface area contributed by atoms with Crippen LogP contribution in [0.5, 0.6) is 0 Å². The molecule has 3 nitrogen and oxygen atoms in total. The Morgan fingerprint density at radius 1 is 1.15 bits per heavy atom. The summed E-state index contributed by atoms with van der Waals surface area (Å²) in [5.41, 5.74) is 1.81. The quantitative estimate of drug-likeness (QED) is 0.664. The number of hydrogen-bond acceptors (Lipinski definition) is 3. The van der Waals surface area contributed by atoms with Crippen LogP contribution in [0.2, 0.25) is 0 Å². The molecule has 6 atom stereocenters. The van der Waals surface area contributed by atoms with E-state index in [9.17, 15) is 9.59 Å². The van der Waals surface area contributed by atoms with E-state index in [0.29, 0.717) is 23.4 Å². The van der Waals surface area contributed by atoms with Crippen molar-refractivity contribution in [2.24, 2.45) is 34.5 Å². The Morgan fingerprint density at radius 2 is 1.93 bits per heavy atom. The molecule has 4 aliphatic rings. The van der Waals surface area contributed by atoms with Gasteiger partial charge >= 0.3 is 0 Å². The minimum atomic E-state index is 0. The molecule has 0 aromatic rings. The van der Waals surface area contributed by atoms with Crippen molar-refractivity contribution in [3.05, 3.63) is 11.6 Å². The van der Waals surface area contributed by atoms with E-state index in [-0.39, 0.29) is 30.9 Å². The molecule has 3 fully saturated rings. The zero-order valence-corrected chi connectivity index (χ0v) is 17.6. The SMILES string of the molecule is CC(C)OCC(=O)[C@H]1CC[C@H]2C3CCC4=CC(=O)CC[C@]4(C)C3CC[C@]12C.[HH]. The third kappa shape index (κ3) is 3.05. The van der Waals surface area contributed by atoms with Crippen molar-refractivity contribution in [1.29, 1.82) is 0 Å². The van der Waals surface area contributed by atoms with Gasteiger partial charge in [-0.05, 0) is 93.5 Å².